The highest BCUT2D eigenvalue weighted by Crippen LogP contribution is 2.39. The van der Waals surface area contributed by atoms with Gasteiger partial charge in [0.15, 0.2) is 5.82 Å². The standard InChI is InChI=1S/C35H36ClN7O4S/c1-19-16-26(17-24(8-6-14-37)30(19)35(46)47-5)39-28(44)9-7-15-38-29(45)18-27-33-42-41-22(4)43(33)34-31(20(2)21(3)48-34)32(40-27)23-10-12-25(36)13-11-23/h10-13,16-17,27H,7,9,14-15,18,37H2,1-5H3,(H,38,45)(H,39,44)/t27-/m0/s1. The van der Waals surface area contributed by atoms with Gasteiger partial charge in [-0.1, -0.05) is 35.6 Å². The number of amides is 2. The van der Waals surface area contributed by atoms with Gasteiger partial charge in [-0.3, -0.25) is 19.1 Å². The third-order valence-electron chi connectivity index (χ3n) is 7.97. The number of methoxy groups -OCH3 is 1. The molecule has 0 bridgehead atoms. The number of aromatic nitrogens is 3. The number of carbonyl (C=O) groups excluding carboxylic acids is 3. The Labute approximate surface area is 288 Å². The maximum Gasteiger partial charge on any atom is 0.339 e. The lowest BCUT2D eigenvalue weighted by Crippen LogP contribution is -2.27. The summed E-state index contributed by atoms with van der Waals surface area (Å²) < 4.78 is 6.89. The lowest BCUT2D eigenvalue weighted by Gasteiger charge is -2.13. The zero-order valence-electron chi connectivity index (χ0n) is 27.4. The molecule has 0 fully saturated rings. The molecule has 48 heavy (non-hydrogen) atoms. The molecule has 248 valence electrons. The maximum absolute atomic E-state index is 13.3. The van der Waals surface area contributed by atoms with Crippen LogP contribution in [0.25, 0.3) is 5.00 Å². The van der Waals surface area contributed by atoms with Crippen LogP contribution in [0.4, 0.5) is 5.69 Å². The maximum atomic E-state index is 13.3. The molecular weight excluding hydrogens is 650 g/mol. The Bertz CT molecular complexity index is 1990. The van der Waals surface area contributed by atoms with Crippen molar-refractivity contribution in [2.75, 3.05) is 25.5 Å². The fraction of sp³-hybridized carbons (Fsp3) is 0.314. The van der Waals surface area contributed by atoms with Gasteiger partial charge in [-0.15, -0.1) is 21.5 Å². The van der Waals surface area contributed by atoms with Crippen molar-refractivity contribution >= 4 is 52.1 Å². The molecule has 3 heterocycles. The number of nitrogens with zero attached hydrogens (tertiary/aromatic N) is 4. The van der Waals surface area contributed by atoms with E-state index in [1.165, 1.54) is 7.11 Å². The number of carbonyl (C=O) groups is 3. The van der Waals surface area contributed by atoms with E-state index in [2.05, 4.69) is 46.5 Å². The Kier molecular flexibility index (Phi) is 10.7. The number of hydrogen-bond acceptors (Lipinski definition) is 9. The summed E-state index contributed by atoms with van der Waals surface area (Å²) in [6, 6.07) is 10.2. The third-order valence-corrected chi connectivity index (χ3v) is 9.42. The smallest absolute Gasteiger partial charge is 0.339 e. The number of ether oxygens (including phenoxy) is 1. The van der Waals surface area contributed by atoms with Gasteiger partial charge in [0.25, 0.3) is 0 Å². The van der Waals surface area contributed by atoms with Gasteiger partial charge in [0.2, 0.25) is 11.8 Å². The van der Waals surface area contributed by atoms with E-state index in [0.29, 0.717) is 45.5 Å². The summed E-state index contributed by atoms with van der Waals surface area (Å²) in [5.41, 5.74) is 11.1. The largest absolute Gasteiger partial charge is 0.465 e. The molecule has 2 aromatic carbocycles. The summed E-state index contributed by atoms with van der Waals surface area (Å²) in [5.74, 6) is 5.94. The van der Waals surface area contributed by atoms with E-state index < -0.39 is 12.0 Å². The number of aliphatic imine (C=N–C) groups is 1. The Morgan fingerprint density at radius 2 is 1.83 bits per heavy atom. The number of rotatable bonds is 9. The van der Waals surface area contributed by atoms with Crippen LogP contribution in [0.5, 0.6) is 0 Å². The van der Waals surface area contributed by atoms with Gasteiger partial charge in [0.1, 0.15) is 16.9 Å². The van der Waals surface area contributed by atoms with E-state index in [-0.39, 0.29) is 37.7 Å². The highest BCUT2D eigenvalue weighted by molar-refractivity contribution is 7.15. The zero-order chi connectivity index (χ0) is 34.5. The molecule has 0 saturated heterocycles. The van der Waals surface area contributed by atoms with Crippen molar-refractivity contribution in [1.82, 2.24) is 20.1 Å². The molecule has 2 aromatic heterocycles. The summed E-state index contributed by atoms with van der Waals surface area (Å²) in [7, 11) is 1.30. The number of aryl methyl sites for hydroxylation is 3. The van der Waals surface area contributed by atoms with Crippen LogP contribution in [0.2, 0.25) is 5.02 Å². The van der Waals surface area contributed by atoms with Crippen LogP contribution in [-0.4, -0.2) is 58.5 Å². The molecule has 4 N–H and O–H groups in total. The predicted octanol–water partition coefficient (Wildman–Crippen LogP) is 5.13. The lowest BCUT2D eigenvalue weighted by molar-refractivity contribution is -0.122. The SMILES string of the molecule is COC(=O)c1c(C)cc(NC(=O)CCCNC(=O)C[C@@H]2N=C(c3ccc(Cl)cc3)c3c(sc(C)c3C)-n3c(C)nnc32)cc1C#CCN. The van der Waals surface area contributed by atoms with E-state index in [9.17, 15) is 14.4 Å². The van der Waals surface area contributed by atoms with Crippen molar-refractivity contribution < 1.29 is 19.1 Å². The molecule has 0 radical (unpaired) electrons. The molecule has 5 rings (SSSR count). The van der Waals surface area contributed by atoms with Crippen molar-refractivity contribution in [3.05, 3.63) is 91.3 Å². The number of thiophene rings is 1. The Morgan fingerprint density at radius 1 is 1.08 bits per heavy atom. The third kappa shape index (κ3) is 7.33. The molecule has 0 aliphatic carbocycles. The van der Waals surface area contributed by atoms with Gasteiger partial charge in [-0.05, 0) is 69.5 Å². The molecule has 2 amide bonds. The minimum Gasteiger partial charge on any atom is -0.465 e. The Morgan fingerprint density at radius 3 is 2.54 bits per heavy atom. The first-order valence-electron chi connectivity index (χ1n) is 15.4. The Hall–Kier alpha value is -4.83. The summed E-state index contributed by atoms with van der Waals surface area (Å²) >= 11 is 7.85. The van der Waals surface area contributed by atoms with E-state index in [0.717, 1.165) is 32.3 Å². The average molecular weight is 686 g/mol. The molecule has 1 aliphatic rings. The number of esters is 1. The van der Waals surface area contributed by atoms with Gasteiger partial charge < -0.3 is 21.1 Å². The Balaban J connectivity index is 1.26. The number of nitrogens with two attached hydrogens (primary N) is 1. The molecule has 1 aliphatic heterocycles. The molecule has 11 nitrogen and oxygen atoms in total. The van der Waals surface area contributed by atoms with Gasteiger partial charge in [-0.25, -0.2) is 4.79 Å². The molecule has 4 aromatic rings. The highest BCUT2D eigenvalue weighted by Gasteiger charge is 2.32. The number of hydrogen-bond donors (Lipinski definition) is 3. The van der Waals surface area contributed by atoms with Crippen LogP contribution in [0, 0.1) is 39.5 Å². The fourth-order valence-electron chi connectivity index (χ4n) is 5.56. The summed E-state index contributed by atoms with van der Waals surface area (Å²) in [4.78, 5) is 44.6. The number of fused-ring (bicyclic) bond motifs is 3. The van der Waals surface area contributed by atoms with Crippen LogP contribution in [0.3, 0.4) is 0 Å². The van der Waals surface area contributed by atoms with Crippen LogP contribution in [0.15, 0.2) is 41.4 Å². The first-order chi connectivity index (χ1) is 23.0. The highest BCUT2D eigenvalue weighted by atomic mass is 35.5. The van der Waals surface area contributed by atoms with Crippen molar-refractivity contribution in [3.8, 4) is 16.8 Å². The van der Waals surface area contributed by atoms with E-state index in [1.54, 1.807) is 30.4 Å². The summed E-state index contributed by atoms with van der Waals surface area (Å²) in [5, 5.41) is 16.2. The van der Waals surface area contributed by atoms with Crippen molar-refractivity contribution in [2.45, 2.75) is 53.0 Å². The van der Waals surface area contributed by atoms with Crippen LogP contribution >= 0.6 is 22.9 Å². The minimum absolute atomic E-state index is 0.0484. The predicted molar refractivity (Wildman–Crippen MR) is 187 cm³/mol. The summed E-state index contributed by atoms with van der Waals surface area (Å²) in [6.45, 7) is 8.20. The van der Waals surface area contributed by atoms with E-state index in [4.69, 9.17) is 27.1 Å². The van der Waals surface area contributed by atoms with Crippen LogP contribution < -0.4 is 16.4 Å². The zero-order valence-corrected chi connectivity index (χ0v) is 28.9. The van der Waals surface area contributed by atoms with Crippen LogP contribution in [-0.2, 0) is 14.3 Å². The second-order valence-electron chi connectivity index (χ2n) is 11.3. The number of anilines is 1. The number of nitrogens with one attached hydrogen (secondary N) is 2. The molecule has 0 saturated carbocycles. The van der Waals surface area contributed by atoms with Crippen molar-refractivity contribution in [1.29, 1.82) is 0 Å². The second kappa shape index (κ2) is 14.9. The molecule has 13 heteroatoms. The first kappa shape index (κ1) is 34.5. The van der Waals surface area contributed by atoms with Gasteiger partial charge in [0, 0.05) is 45.2 Å². The number of halogens is 1. The molecular formula is C35H36ClN7O4S. The number of benzene rings is 2. The van der Waals surface area contributed by atoms with Gasteiger partial charge >= 0.3 is 5.97 Å². The minimum atomic E-state index is -0.591. The quantitative estimate of drug-likeness (QED) is 0.125. The van der Waals surface area contributed by atoms with Gasteiger partial charge in [-0.2, -0.15) is 0 Å². The van der Waals surface area contributed by atoms with Gasteiger partial charge in [0.05, 0.1) is 31.4 Å². The van der Waals surface area contributed by atoms with Crippen LogP contribution in [0.1, 0.15) is 80.0 Å². The monoisotopic (exact) mass is 685 g/mol. The van der Waals surface area contributed by atoms with Crippen molar-refractivity contribution in [2.24, 2.45) is 10.7 Å². The van der Waals surface area contributed by atoms with E-state index >= 15 is 0 Å². The topological polar surface area (TPSA) is 154 Å². The second-order valence-corrected chi connectivity index (χ2v) is 13.0. The average Bonchev–Trinajstić information content (AvgIpc) is 3.53. The fourth-order valence-corrected chi connectivity index (χ4v) is 6.90. The summed E-state index contributed by atoms with van der Waals surface area (Å²) in [6.07, 6.45) is 0.620. The first-order valence-corrected chi connectivity index (χ1v) is 16.6. The van der Waals surface area contributed by atoms with Crippen molar-refractivity contribution in [3.63, 3.8) is 0 Å². The normalized spacial score (nSPS) is 13.3. The van der Waals surface area contributed by atoms with E-state index in [1.807, 2.05) is 35.8 Å². The lowest BCUT2D eigenvalue weighted by atomic mass is 9.99. The molecule has 0 spiro atoms. The molecule has 1 atom stereocenters. The molecule has 0 unspecified atom stereocenters.